The predicted molar refractivity (Wildman–Crippen MR) is 85.8 cm³/mol. The molecule has 1 aromatic rings. The standard InChI is InChI=1S/C19H29N/c1-13-9-14(2)11-16(10-13)20-18-17-8-6-5-7-15(17)12-19(18,3)4/h5-8,13-14,16,18,20H,9-12H2,1-4H3. The summed E-state index contributed by atoms with van der Waals surface area (Å²) in [7, 11) is 0. The van der Waals surface area contributed by atoms with E-state index in [1.807, 2.05) is 0 Å². The van der Waals surface area contributed by atoms with Gasteiger partial charge in [-0.25, -0.2) is 0 Å². The Balaban J connectivity index is 1.79. The molecule has 0 amide bonds. The van der Waals surface area contributed by atoms with Crippen LogP contribution < -0.4 is 5.32 Å². The zero-order chi connectivity index (χ0) is 14.3. The zero-order valence-electron chi connectivity index (χ0n) is 13.4. The molecule has 0 saturated heterocycles. The van der Waals surface area contributed by atoms with E-state index in [0.717, 1.165) is 11.8 Å². The quantitative estimate of drug-likeness (QED) is 0.820. The fraction of sp³-hybridized carbons (Fsp3) is 0.684. The molecule has 2 aliphatic carbocycles. The number of nitrogens with one attached hydrogen (secondary N) is 1. The molecule has 1 fully saturated rings. The van der Waals surface area contributed by atoms with Crippen LogP contribution in [0.3, 0.4) is 0 Å². The van der Waals surface area contributed by atoms with Gasteiger partial charge in [0, 0.05) is 12.1 Å². The smallest absolute Gasteiger partial charge is 0.0380 e. The highest BCUT2D eigenvalue weighted by molar-refractivity contribution is 5.37. The Morgan fingerprint density at radius 3 is 2.35 bits per heavy atom. The zero-order valence-corrected chi connectivity index (χ0v) is 13.4. The van der Waals surface area contributed by atoms with Gasteiger partial charge in [0.2, 0.25) is 0 Å². The average Bonchev–Trinajstić information content (AvgIpc) is 2.59. The second-order valence-electron chi connectivity index (χ2n) is 8.08. The summed E-state index contributed by atoms with van der Waals surface area (Å²) in [5, 5.41) is 4.03. The lowest BCUT2D eigenvalue weighted by atomic mass is 9.78. The van der Waals surface area contributed by atoms with Gasteiger partial charge in [-0.2, -0.15) is 0 Å². The molecular formula is C19H29N. The molecule has 3 atom stereocenters. The number of hydrogen-bond donors (Lipinski definition) is 1. The molecule has 2 aliphatic rings. The van der Waals surface area contributed by atoms with Gasteiger partial charge in [-0.15, -0.1) is 0 Å². The second-order valence-corrected chi connectivity index (χ2v) is 8.08. The van der Waals surface area contributed by atoms with E-state index in [2.05, 4.69) is 57.3 Å². The summed E-state index contributed by atoms with van der Waals surface area (Å²) >= 11 is 0. The summed E-state index contributed by atoms with van der Waals surface area (Å²) in [6.07, 6.45) is 5.31. The number of rotatable bonds is 2. The Morgan fingerprint density at radius 1 is 1.00 bits per heavy atom. The van der Waals surface area contributed by atoms with E-state index in [4.69, 9.17) is 0 Å². The molecule has 0 heterocycles. The van der Waals surface area contributed by atoms with Gasteiger partial charge < -0.3 is 5.32 Å². The molecule has 0 aliphatic heterocycles. The Morgan fingerprint density at radius 2 is 1.65 bits per heavy atom. The third kappa shape index (κ3) is 2.65. The summed E-state index contributed by atoms with van der Waals surface area (Å²) in [6, 6.07) is 10.2. The van der Waals surface area contributed by atoms with Crippen LogP contribution in [0.1, 0.15) is 64.1 Å². The molecule has 0 spiro atoms. The summed E-state index contributed by atoms with van der Waals surface area (Å²) in [5.41, 5.74) is 3.43. The van der Waals surface area contributed by atoms with Gasteiger partial charge in [-0.3, -0.25) is 0 Å². The topological polar surface area (TPSA) is 12.0 Å². The van der Waals surface area contributed by atoms with Gasteiger partial charge in [0.15, 0.2) is 0 Å². The maximum absolute atomic E-state index is 4.03. The minimum atomic E-state index is 0.341. The van der Waals surface area contributed by atoms with Gasteiger partial charge in [-0.05, 0) is 54.1 Å². The Bertz CT molecular complexity index is 466. The first-order valence-corrected chi connectivity index (χ1v) is 8.29. The lowest BCUT2D eigenvalue weighted by Gasteiger charge is -2.38. The van der Waals surface area contributed by atoms with Gasteiger partial charge in [0.1, 0.15) is 0 Å². The van der Waals surface area contributed by atoms with Crippen LogP contribution in [0.25, 0.3) is 0 Å². The van der Waals surface area contributed by atoms with Crippen molar-refractivity contribution >= 4 is 0 Å². The Hall–Kier alpha value is -0.820. The molecule has 110 valence electrons. The minimum Gasteiger partial charge on any atom is -0.307 e. The fourth-order valence-electron chi connectivity index (χ4n) is 4.62. The number of fused-ring (bicyclic) bond motifs is 1. The van der Waals surface area contributed by atoms with E-state index in [0.29, 0.717) is 17.5 Å². The lowest BCUT2D eigenvalue weighted by Crippen LogP contribution is -2.42. The minimum absolute atomic E-state index is 0.341. The molecule has 3 unspecified atom stereocenters. The third-order valence-electron chi connectivity index (χ3n) is 5.37. The van der Waals surface area contributed by atoms with Gasteiger partial charge in [-0.1, -0.05) is 52.0 Å². The number of benzene rings is 1. The van der Waals surface area contributed by atoms with Gasteiger partial charge >= 0.3 is 0 Å². The molecule has 1 heteroatoms. The van der Waals surface area contributed by atoms with Crippen LogP contribution in [0.15, 0.2) is 24.3 Å². The molecule has 0 bridgehead atoms. The molecule has 1 aromatic carbocycles. The van der Waals surface area contributed by atoms with Crippen molar-refractivity contribution in [3.8, 4) is 0 Å². The molecule has 1 saturated carbocycles. The van der Waals surface area contributed by atoms with E-state index in [9.17, 15) is 0 Å². The highest BCUT2D eigenvalue weighted by atomic mass is 15.0. The van der Waals surface area contributed by atoms with Crippen molar-refractivity contribution in [2.45, 2.75) is 65.5 Å². The van der Waals surface area contributed by atoms with Crippen LogP contribution in [0.5, 0.6) is 0 Å². The summed E-state index contributed by atoms with van der Waals surface area (Å²) in [5.74, 6) is 1.74. The number of hydrogen-bond acceptors (Lipinski definition) is 1. The van der Waals surface area contributed by atoms with Crippen LogP contribution in [0.2, 0.25) is 0 Å². The summed E-state index contributed by atoms with van der Waals surface area (Å²) in [4.78, 5) is 0. The van der Waals surface area contributed by atoms with Crippen molar-refractivity contribution in [1.29, 1.82) is 0 Å². The molecule has 1 nitrogen and oxygen atoms in total. The lowest BCUT2D eigenvalue weighted by molar-refractivity contribution is 0.182. The van der Waals surface area contributed by atoms with E-state index >= 15 is 0 Å². The SMILES string of the molecule is CC1CC(C)CC(NC2c3ccccc3CC2(C)C)C1. The van der Waals surface area contributed by atoms with Gasteiger partial charge in [0.25, 0.3) is 0 Å². The molecule has 0 aromatic heterocycles. The van der Waals surface area contributed by atoms with E-state index < -0.39 is 0 Å². The Kier molecular flexibility index (Phi) is 3.66. The van der Waals surface area contributed by atoms with E-state index in [1.54, 1.807) is 11.1 Å². The maximum Gasteiger partial charge on any atom is 0.0380 e. The molecule has 1 N–H and O–H groups in total. The highest BCUT2D eigenvalue weighted by Crippen LogP contribution is 2.46. The average molecular weight is 271 g/mol. The fourth-order valence-corrected chi connectivity index (χ4v) is 4.62. The van der Waals surface area contributed by atoms with Crippen LogP contribution in [-0.4, -0.2) is 6.04 Å². The first-order chi connectivity index (χ1) is 9.45. The van der Waals surface area contributed by atoms with Crippen LogP contribution in [0.4, 0.5) is 0 Å². The van der Waals surface area contributed by atoms with Gasteiger partial charge in [0.05, 0.1) is 0 Å². The van der Waals surface area contributed by atoms with E-state index in [1.165, 1.54) is 25.7 Å². The molecular weight excluding hydrogens is 242 g/mol. The molecule has 0 radical (unpaired) electrons. The van der Waals surface area contributed by atoms with Crippen LogP contribution >= 0.6 is 0 Å². The van der Waals surface area contributed by atoms with Crippen molar-refractivity contribution < 1.29 is 0 Å². The van der Waals surface area contributed by atoms with Crippen molar-refractivity contribution in [1.82, 2.24) is 5.32 Å². The normalized spacial score (nSPS) is 35.8. The third-order valence-corrected chi connectivity index (χ3v) is 5.37. The van der Waals surface area contributed by atoms with Crippen LogP contribution in [0, 0.1) is 17.3 Å². The van der Waals surface area contributed by atoms with Crippen LogP contribution in [-0.2, 0) is 6.42 Å². The largest absolute Gasteiger partial charge is 0.307 e. The summed E-state index contributed by atoms with van der Waals surface area (Å²) < 4.78 is 0. The van der Waals surface area contributed by atoms with Crippen molar-refractivity contribution in [2.75, 3.05) is 0 Å². The van der Waals surface area contributed by atoms with E-state index in [-0.39, 0.29) is 0 Å². The Labute approximate surface area is 124 Å². The van der Waals surface area contributed by atoms with Crippen molar-refractivity contribution in [3.63, 3.8) is 0 Å². The monoisotopic (exact) mass is 271 g/mol. The van der Waals surface area contributed by atoms with Crippen molar-refractivity contribution in [3.05, 3.63) is 35.4 Å². The first-order valence-electron chi connectivity index (χ1n) is 8.29. The highest BCUT2D eigenvalue weighted by Gasteiger charge is 2.40. The second kappa shape index (κ2) is 5.18. The summed E-state index contributed by atoms with van der Waals surface area (Å²) in [6.45, 7) is 9.66. The maximum atomic E-state index is 4.03. The molecule has 20 heavy (non-hydrogen) atoms. The van der Waals surface area contributed by atoms with Crippen molar-refractivity contribution in [2.24, 2.45) is 17.3 Å². The first kappa shape index (κ1) is 14.1. The molecule has 3 rings (SSSR count). The predicted octanol–water partition coefficient (Wildman–Crippen LogP) is 4.72.